The highest BCUT2D eigenvalue weighted by molar-refractivity contribution is 7.98. The van der Waals surface area contributed by atoms with E-state index in [1.54, 1.807) is 4.52 Å². The zero-order valence-electron chi connectivity index (χ0n) is 17.9. The molecule has 4 rings (SSSR count). The van der Waals surface area contributed by atoms with Crippen LogP contribution in [0, 0.1) is 19.7 Å². The second kappa shape index (κ2) is 9.70. The molecule has 32 heavy (non-hydrogen) atoms. The highest BCUT2D eigenvalue weighted by Crippen LogP contribution is 2.24. The minimum atomic E-state index is -0.383. The van der Waals surface area contributed by atoms with Crippen LogP contribution in [-0.2, 0) is 12.2 Å². The highest BCUT2D eigenvalue weighted by atomic mass is 32.2. The van der Waals surface area contributed by atoms with Crippen LogP contribution in [-0.4, -0.2) is 35.7 Å². The van der Waals surface area contributed by atoms with Gasteiger partial charge in [0.2, 0.25) is 10.2 Å². The van der Waals surface area contributed by atoms with Crippen LogP contribution in [0.5, 0.6) is 0 Å². The van der Waals surface area contributed by atoms with Crippen molar-refractivity contribution in [3.8, 4) is 0 Å². The topological polar surface area (TPSA) is 98.0 Å². The van der Waals surface area contributed by atoms with Gasteiger partial charge in [0.15, 0.2) is 0 Å². The number of benzene rings is 1. The number of aromatic nitrogens is 6. The van der Waals surface area contributed by atoms with Gasteiger partial charge in [0.05, 0.1) is 5.75 Å². The quantitative estimate of drug-likeness (QED) is 0.375. The fourth-order valence-corrected chi connectivity index (χ4v) is 4.75. The lowest BCUT2D eigenvalue weighted by molar-refractivity contribution is 0.102. The molecule has 0 saturated carbocycles. The van der Waals surface area contributed by atoms with Gasteiger partial charge in [-0.15, -0.1) is 15.3 Å². The highest BCUT2D eigenvalue weighted by Gasteiger charge is 2.16. The van der Waals surface area contributed by atoms with Crippen LogP contribution in [0.4, 0.5) is 10.1 Å². The van der Waals surface area contributed by atoms with Gasteiger partial charge in [-0.3, -0.25) is 4.79 Å². The third-order valence-electron chi connectivity index (χ3n) is 4.90. The Morgan fingerprint density at radius 2 is 1.97 bits per heavy atom. The van der Waals surface area contributed by atoms with Crippen LogP contribution in [0.2, 0.25) is 0 Å². The largest absolute Gasteiger partial charge is 0.320 e. The maximum atomic E-state index is 13.0. The van der Waals surface area contributed by atoms with Crippen molar-refractivity contribution in [2.24, 2.45) is 0 Å². The van der Waals surface area contributed by atoms with E-state index in [0.29, 0.717) is 27.4 Å². The van der Waals surface area contributed by atoms with Crippen molar-refractivity contribution in [3.05, 3.63) is 57.0 Å². The van der Waals surface area contributed by atoms with E-state index in [4.69, 9.17) is 0 Å². The third kappa shape index (κ3) is 4.94. The van der Waals surface area contributed by atoms with Gasteiger partial charge < -0.3 is 5.32 Å². The van der Waals surface area contributed by atoms with E-state index in [1.165, 1.54) is 52.9 Å². The molecule has 3 aromatic heterocycles. The molecule has 1 amide bonds. The molecule has 0 atom stereocenters. The summed E-state index contributed by atoms with van der Waals surface area (Å²) >= 11 is 2.62. The summed E-state index contributed by atoms with van der Waals surface area (Å²) in [6.07, 6.45) is 3.22. The molecule has 8 nitrogen and oxygen atoms in total. The number of nitrogens with zero attached hydrogens (tertiary/aromatic N) is 6. The van der Waals surface area contributed by atoms with Crippen molar-refractivity contribution >= 4 is 40.5 Å². The molecule has 3 heterocycles. The number of hydrogen-bond donors (Lipinski definition) is 1. The summed E-state index contributed by atoms with van der Waals surface area (Å²) in [5.74, 6) is 0.320. The number of anilines is 1. The molecule has 11 heteroatoms. The Labute approximate surface area is 192 Å². The second-order valence-corrected chi connectivity index (χ2v) is 9.23. The van der Waals surface area contributed by atoms with Crippen molar-refractivity contribution < 1.29 is 9.18 Å². The number of amides is 1. The smallest absolute Gasteiger partial charge is 0.286 e. The number of halogens is 1. The monoisotopic (exact) mass is 471 g/mol. The number of hydrogen-bond acceptors (Lipinski definition) is 8. The fourth-order valence-electron chi connectivity index (χ4n) is 3.21. The van der Waals surface area contributed by atoms with Crippen molar-refractivity contribution in [3.63, 3.8) is 0 Å². The van der Waals surface area contributed by atoms with Gasteiger partial charge in [-0.05, 0) is 56.5 Å². The average Bonchev–Trinajstić information content (AvgIpc) is 3.41. The van der Waals surface area contributed by atoms with E-state index in [-0.39, 0.29) is 16.7 Å². The molecule has 0 saturated heterocycles. The number of aryl methyl sites for hydroxylation is 2. The van der Waals surface area contributed by atoms with E-state index in [9.17, 15) is 9.18 Å². The minimum absolute atomic E-state index is 0.238. The van der Waals surface area contributed by atoms with E-state index < -0.39 is 0 Å². The predicted octanol–water partition coefficient (Wildman–Crippen LogP) is 4.62. The first-order valence-electron chi connectivity index (χ1n) is 10.2. The zero-order valence-corrected chi connectivity index (χ0v) is 19.6. The predicted molar refractivity (Wildman–Crippen MR) is 123 cm³/mol. The summed E-state index contributed by atoms with van der Waals surface area (Å²) in [6.45, 7) is 6.23. The van der Waals surface area contributed by atoms with Crippen LogP contribution in [0.25, 0.3) is 5.78 Å². The van der Waals surface area contributed by atoms with E-state index in [0.717, 1.165) is 30.7 Å². The maximum absolute atomic E-state index is 13.0. The minimum Gasteiger partial charge on any atom is -0.320 e. The van der Waals surface area contributed by atoms with Crippen LogP contribution in [0.1, 0.15) is 51.5 Å². The summed E-state index contributed by atoms with van der Waals surface area (Å²) in [5.41, 5.74) is 3.78. The molecule has 0 aliphatic heterocycles. The first-order chi connectivity index (χ1) is 15.4. The normalized spacial score (nSPS) is 11.2. The Kier molecular flexibility index (Phi) is 6.75. The number of nitrogens with one attached hydrogen (secondary N) is 1. The van der Waals surface area contributed by atoms with Gasteiger partial charge in [-0.25, -0.2) is 13.9 Å². The summed E-state index contributed by atoms with van der Waals surface area (Å²) in [4.78, 5) is 21.5. The summed E-state index contributed by atoms with van der Waals surface area (Å²) in [7, 11) is 0. The van der Waals surface area contributed by atoms with E-state index >= 15 is 0 Å². The van der Waals surface area contributed by atoms with E-state index in [2.05, 4.69) is 37.5 Å². The number of thioether (sulfide) groups is 1. The number of rotatable bonds is 8. The van der Waals surface area contributed by atoms with Crippen molar-refractivity contribution in [1.29, 1.82) is 0 Å². The van der Waals surface area contributed by atoms with Gasteiger partial charge in [0.25, 0.3) is 11.7 Å². The van der Waals surface area contributed by atoms with Crippen molar-refractivity contribution in [1.82, 2.24) is 29.8 Å². The summed E-state index contributed by atoms with van der Waals surface area (Å²) < 4.78 is 14.8. The lowest BCUT2D eigenvalue weighted by atomic mass is 10.1. The Morgan fingerprint density at radius 1 is 1.19 bits per heavy atom. The lowest BCUT2D eigenvalue weighted by Crippen LogP contribution is -2.11. The van der Waals surface area contributed by atoms with Crippen molar-refractivity contribution in [2.75, 3.05) is 5.32 Å². The zero-order chi connectivity index (χ0) is 22.7. The van der Waals surface area contributed by atoms with Crippen LogP contribution >= 0.6 is 23.1 Å². The Hall–Kier alpha value is -2.92. The van der Waals surface area contributed by atoms with Crippen LogP contribution in [0.3, 0.4) is 0 Å². The molecule has 0 radical (unpaired) electrons. The van der Waals surface area contributed by atoms with Gasteiger partial charge in [-0.2, -0.15) is 4.98 Å². The SMILES string of the molecule is CCCCc1c(C)nc2nc(SCc3nnc(C(=O)Nc4ccc(F)cc4)s3)nn2c1C. The summed E-state index contributed by atoms with van der Waals surface area (Å²) in [6, 6.07) is 5.55. The lowest BCUT2D eigenvalue weighted by Gasteiger charge is -2.09. The number of unbranched alkanes of at least 4 members (excludes halogenated alkanes) is 1. The number of fused-ring (bicyclic) bond motifs is 1. The molecule has 4 aromatic rings. The Bertz CT molecular complexity index is 1250. The Morgan fingerprint density at radius 3 is 2.72 bits per heavy atom. The fraction of sp³-hybridized carbons (Fsp3) is 0.333. The molecule has 0 bridgehead atoms. The first-order valence-corrected chi connectivity index (χ1v) is 12.0. The van der Waals surface area contributed by atoms with Gasteiger partial charge in [-0.1, -0.05) is 36.4 Å². The molecule has 0 fully saturated rings. The Balaban J connectivity index is 1.42. The van der Waals surface area contributed by atoms with Gasteiger partial charge >= 0.3 is 0 Å². The first kappa shape index (κ1) is 22.3. The molecule has 0 aliphatic rings. The van der Waals surface area contributed by atoms with Gasteiger partial charge in [0.1, 0.15) is 10.8 Å². The molecular formula is C21H22FN7OS2. The number of carbonyl (C=O) groups is 1. The maximum Gasteiger partial charge on any atom is 0.286 e. The molecule has 166 valence electrons. The van der Waals surface area contributed by atoms with Crippen molar-refractivity contribution in [2.45, 2.75) is 50.9 Å². The van der Waals surface area contributed by atoms with E-state index in [1.807, 2.05) is 13.8 Å². The average molecular weight is 472 g/mol. The molecule has 0 spiro atoms. The second-order valence-electron chi connectivity index (χ2n) is 7.22. The van der Waals surface area contributed by atoms with Crippen LogP contribution in [0.15, 0.2) is 29.4 Å². The molecule has 1 aromatic carbocycles. The molecule has 0 unspecified atom stereocenters. The van der Waals surface area contributed by atoms with Crippen LogP contribution < -0.4 is 5.32 Å². The number of carbonyl (C=O) groups excluding carboxylic acids is 1. The molecule has 0 aliphatic carbocycles. The third-order valence-corrected chi connectivity index (χ3v) is 6.85. The molecular weight excluding hydrogens is 449 g/mol. The standard InChI is InChI=1S/C21H22FN7OS2/c1-4-5-6-16-12(2)23-20-25-21(28-29(20)13(16)3)31-11-17-26-27-19(32-17)18(30)24-15-9-7-14(22)8-10-15/h7-10H,4-6,11H2,1-3H3,(H,24,30). The summed E-state index contributed by atoms with van der Waals surface area (Å²) in [5, 5.41) is 16.8. The van der Waals surface area contributed by atoms with Gasteiger partial charge in [0, 0.05) is 17.1 Å². The molecule has 1 N–H and O–H groups in total.